The fourth-order valence-electron chi connectivity index (χ4n) is 2.87. The number of carbonyl (C=O) groups excluding carboxylic acids is 1. The summed E-state index contributed by atoms with van der Waals surface area (Å²) < 4.78 is 30.2. The summed E-state index contributed by atoms with van der Waals surface area (Å²) in [5, 5.41) is 16.1. The number of allylic oxidation sites excluding steroid dienone is 1. The van der Waals surface area contributed by atoms with E-state index in [-0.39, 0.29) is 22.9 Å². The zero-order valence-corrected chi connectivity index (χ0v) is 23.5. The average Bonchev–Trinajstić information content (AvgIpc) is 3.55. The Bertz CT molecular complexity index is 782. The molecule has 5 nitrogen and oxygen atoms in total. The third-order valence-electron chi connectivity index (χ3n) is 5.67. The molecule has 36 heavy (non-hydrogen) atoms. The first-order valence-electron chi connectivity index (χ1n) is 12.6. The van der Waals surface area contributed by atoms with Crippen molar-refractivity contribution in [3.05, 3.63) is 60.4 Å². The molecule has 3 unspecified atom stereocenters. The molecule has 206 valence electrons. The van der Waals surface area contributed by atoms with E-state index in [0.717, 1.165) is 24.7 Å². The number of hydrogen-bond donors (Lipinski definition) is 3. The van der Waals surface area contributed by atoms with Gasteiger partial charge in [0.25, 0.3) is 0 Å². The molecule has 0 aliphatic heterocycles. The van der Waals surface area contributed by atoms with Gasteiger partial charge in [0.15, 0.2) is 0 Å². The molecule has 1 amide bonds. The fourth-order valence-corrected chi connectivity index (χ4v) is 2.87. The van der Waals surface area contributed by atoms with Crippen LogP contribution in [0.1, 0.15) is 73.3 Å². The van der Waals surface area contributed by atoms with Gasteiger partial charge >= 0.3 is 0 Å². The Morgan fingerprint density at radius 2 is 1.75 bits per heavy atom. The molecule has 1 aliphatic carbocycles. The SMILES string of the molecule is C=C(OCC(C)(C)C)C1(NCC(O)C(C)NC(C)=O)CC1.C=CC(C)CC.Cc1cc(F)cc(F)c1. The summed E-state index contributed by atoms with van der Waals surface area (Å²) in [4.78, 5) is 11.0. The van der Waals surface area contributed by atoms with E-state index in [1.54, 1.807) is 13.8 Å². The van der Waals surface area contributed by atoms with Crippen LogP contribution in [-0.4, -0.2) is 41.9 Å². The maximum atomic E-state index is 12.2. The van der Waals surface area contributed by atoms with Gasteiger partial charge in [0, 0.05) is 19.5 Å². The highest BCUT2D eigenvalue weighted by molar-refractivity contribution is 5.73. The normalized spacial score (nSPS) is 16.1. The molecule has 1 aromatic carbocycles. The van der Waals surface area contributed by atoms with E-state index in [9.17, 15) is 18.7 Å². The van der Waals surface area contributed by atoms with Crippen LogP contribution in [0.25, 0.3) is 0 Å². The average molecular weight is 511 g/mol. The van der Waals surface area contributed by atoms with Crippen molar-refractivity contribution in [3.63, 3.8) is 0 Å². The highest BCUT2D eigenvalue weighted by Crippen LogP contribution is 2.42. The molecule has 3 atom stereocenters. The molecular weight excluding hydrogens is 462 g/mol. The molecule has 1 saturated carbocycles. The number of aliphatic hydroxyl groups excluding tert-OH is 1. The van der Waals surface area contributed by atoms with Gasteiger partial charge in [-0.2, -0.15) is 0 Å². The molecule has 3 N–H and O–H groups in total. The second-order valence-corrected chi connectivity index (χ2v) is 10.9. The van der Waals surface area contributed by atoms with Gasteiger partial charge in [0.2, 0.25) is 5.91 Å². The zero-order valence-electron chi connectivity index (χ0n) is 23.5. The van der Waals surface area contributed by atoms with Crippen LogP contribution in [0.15, 0.2) is 43.2 Å². The molecule has 2 rings (SSSR count). The highest BCUT2D eigenvalue weighted by atomic mass is 19.1. The number of benzene rings is 1. The van der Waals surface area contributed by atoms with Crippen molar-refractivity contribution in [2.45, 2.75) is 92.3 Å². The van der Waals surface area contributed by atoms with E-state index >= 15 is 0 Å². The molecule has 0 aromatic heterocycles. The first-order chi connectivity index (χ1) is 16.5. The van der Waals surface area contributed by atoms with Crippen LogP contribution < -0.4 is 10.6 Å². The van der Waals surface area contributed by atoms with Crippen LogP contribution in [0.2, 0.25) is 0 Å². The van der Waals surface area contributed by atoms with E-state index < -0.39 is 17.7 Å². The van der Waals surface area contributed by atoms with Gasteiger partial charge in [-0.05, 0) is 55.7 Å². The number of hydrogen-bond acceptors (Lipinski definition) is 4. The number of β-amino-alcohol motifs (C(OH)–C–C–N with tert-alkyl or cyclic N) is 1. The van der Waals surface area contributed by atoms with Gasteiger partial charge in [-0.3, -0.25) is 4.79 Å². The monoisotopic (exact) mass is 510 g/mol. The highest BCUT2D eigenvalue weighted by Gasteiger charge is 2.47. The van der Waals surface area contributed by atoms with Crippen molar-refractivity contribution in [2.75, 3.05) is 13.2 Å². The van der Waals surface area contributed by atoms with Gasteiger partial charge in [-0.15, -0.1) is 6.58 Å². The molecule has 1 fully saturated rings. The van der Waals surface area contributed by atoms with Crippen LogP contribution in [0.5, 0.6) is 0 Å². The Labute approximate surface area is 217 Å². The number of amides is 1. The number of rotatable bonds is 10. The third-order valence-corrected chi connectivity index (χ3v) is 5.67. The second kappa shape index (κ2) is 15.8. The maximum Gasteiger partial charge on any atom is 0.217 e. The number of nitrogens with one attached hydrogen (secondary N) is 2. The van der Waals surface area contributed by atoms with Gasteiger partial charge in [0.05, 0.1) is 24.3 Å². The van der Waals surface area contributed by atoms with E-state index in [4.69, 9.17) is 4.74 Å². The van der Waals surface area contributed by atoms with Gasteiger partial charge < -0.3 is 20.5 Å². The van der Waals surface area contributed by atoms with Gasteiger partial charge in [-0.25, -0.2) is 8.78 Å². The Morgan fingerprint density at radius 3 is 2.08 bits per heavy atom. The van der Waals surface area contributed by atoms with Crippen LogP contribution in [0.4, 0.5) is 8.78 Å². The number of aliphatic hydroxyl groups is 1. The summed E-state index contributed by atoms with van der Waals surface area (Å²) in [6.45, 7) is 24.2. The summed E-state index contributed by atoms with van der Waals surface area (Å²) in [5.74, 6) is 0.266. The third kappa shape index (κ3) is 15.0. The van der Waals surface area contributed by atoms with Crippen LogP contribution >= 0.6 is 0 Å². The molecule has 1 aliphatic rings. The Morgan fingerprint density at radius 1 is 1.22 bits per heavy atom. The topological polar surface area (TPSA) is 70.6 Å². The van der Waals surface area contributed by atoms with Crippen LogP contribution in [0, 0.1) is 29.9 Å². The van der Waals surface area contributed by atoms with Crippen molar-refractivity contribution in [1.82, 2.24) is 10.6 Å². The van der Waals surface area contributed by atoms with Gasteiger partial charge in [-0.1, -0.05) is 53.7 Å². The molecule has 7 heteroatoms. The minimum absolute atomic E-state index is 0.0957. The van der Waals surface area contributed by atoms with E-state index in [2.05, 4.69) is 58.4 Å². The number of ether oxygens (including phenoxy) is 1. The number of halogens is 2. The summed E-state index contributed by atoms with van der Waals surface area (Å²) in [7, 11) is 0. The molecule has 0 spiro atoms. The summed E-state index contributed by atoms with van der Waals surface area (Å²) >= 11 is 0. The van der Waals surface area contributed by atoms with Crippen molar-refractivity contribution >= 4 is 5.91 Å². The largest absolute Gasteiger partial charge is 0.496 e. The first kappa shape index (κ1) is 33.8. The van der Waals surface area contributed by atoms with Crippen molar-refractivity contribution in [1.29, 1.82) is 0 Å². The van der Waals surface area contributed by atoms with Crippen LogP contribution in [-0.2, 0) is 9.53 Å². The predicted octanol–water partition coefficient (Wildman–Crippen LogP) is 6.06. The quantitative estimate of drug-likeness (QED) is 0.264. The molecule has 0 radical (unpaired) electrons. The second-order valence-electron chi connectivity index (χ2n) is 10.9. The van der Waals surface area contributed by atoms with Crippen molar-refractivity contribution in [3.8, 4) is 0 Å². The molecule has 0 saturated heterocycles. The van der Waals surface area contributed by atoms with Crippen molar-refractivity contribution < 1.29 is 23.4 Å². The van der Waals surface area contributed by atoms with E-state index in [1.165, 1.54) is 25.5 Å². The Kier molecular flexibility index (Phi) is 14.8. The minimum Gasteiger partial charge on any atom is -0.496 e. The smallest absolute Gasteiger partial charge is 0.217 e. The molecule has 1 aromatic rings. The summed E-state index contributed by atoms with van der Waals surface area (Å²) in [6, 6.07) is 3.13. The van der Waals surface area contributed by atoms with E-state index in [1.807, 2.05) is 6.08 Å². The fraction of sp³-hybridized carbons (Fsp3) is 0.621. The lowest BCUT2D eigenvalue weighted by Crippen LogP contribution is -2.48. The lowest BCUT2D eigenvalue weighted by atomic mass is 9.98. The lowest BCUT2D eigenvalue weighted by Gasteiger charge is -2.27. The number of aryl methyl sites for hydroxylation is 1. The molecule has 0 heterocycles. The van der Waals surface area contributed by atoms with Gasteiger partial charge in [0.1, 0.15) is 17.4 Å². The zero-order chi connectivity index (χ0) is 28.1. The van der Waals surface area contributed by atoms with Crippen LogP contribution in [0.3, 0.4) is 0 Å². The van der Waals surface area contributed by atoms with Crippen molar-refractivity contribution in [2.24, 2.45) is 11.3 Å². The Hall–Kier alpha value is -2.25. The Balaban J connectivity index is 0.000000665. The number of carbonyl (C=O) groups is 1. The maximum absolute atomic E-state index is 12.2. The minimum atomic E-state index is -0.637. The lowest BCUT2D eigenvalue weighted by molar-refractivity contribution is -0.120. The predicted molar refractivity (Wildman–Crippen MR) is 145 cm³/mol. The molecular formula is C29H48F2N2O3. The standard InChI is InChI=1S/C16H30N2O3.C7H6F2.C6H12/c1-11(18-13(3)19)14(20)9-17-16(7-8-16)12(2)21-10-15(4,5)6;1-5-2-6(8)4-7(9)3-5;1-4-6(3)5-2/h11,14,17,20H,2,7-10H2,1,3-6H3,(H,18,19);2-4H,1H3;4,6H,1,5H2,2-3H3. The molecule has 0 bridgehead atoms. The summed E-state index contributed by atoms with van der Waals surface area (Å²) in [5.41, 5.74) is 0.494. The first-order valence-corrected chi connectivity index (χ1v) is 12.6. The summed E-state index contributed by atoms with van der Waals surface area (Å²) in [6.07, 6.45) is 4.49. The van der Waals surface area contributed by atoms with E-state index in [0.29, 0.717) is 24.6 Å².